The molecule has 0 aliphatic rings. The Hall–Kier alpha value is -2.19. The summed E-state index contributed by atoms with van der Waals surface area (Å²) in [7, 11) is 0. The molecule has 0 unspecified atom stereocenters. The number of benzene rings is 2. The predicted molar refractivity (Wildman–Crippen MR) is 79.8 cm³/mol. The zero-order chi connectivity index (χ0) is 15.0. The number of hydrogen-bond donors (Lipinski definition) is 0. The first kappa shape index (κ1) is 13.8. The molecule has 0 saturated heterocycles. The Balaban J connectivity index is 2.15. The van der Waals surface area contributed by atoms with Crippen molar-refractivity contribution < 1.29 is 8.78 Å². The molecular weight excluding hydrogens is 338 g/mol. The van der Waals surface area contributed by atoms with E-state index in [2.05, 4.69) is 22.0 Å². The Labute approximate surface area is 128 Å². The van der Waals surface area contributed by atoms with Gasteiger partial charge in [0, 0.05) is 18.1 Å². The third kappa shape index (κ3) is 2.55. The fourth-order valence-electron chi connectivity index (χ4n) is 2.34. The molecule has 104 valence electrons. The van der Waals surface area contributed by atoms with E-state index in [1.807, 2.05) is 4.57 Å². The van der Waals surface area contributed by atoms with E-state index < -0.39 is 5.82 Å². The van der Waals surface area contributed by atoms with Crippen molar-refractivity contribution in [3.63, 3.8) is 0 Å². The summed E-state index contributed by atoms with van der Waals surface area (Å²) in [6.45, 7) is 0.411. The Morgan fingerprint density at radius 3 is 2.71 bits per heavy atom. The van der Waals surface area contributed by atoms with Crippen LogP contribution < -0.4 is 0 Å². The summed E-state index contributed by atoms with van der Waals surface area (Å²) in [5, 5.41) is 9.71. The highest BCUT2D eigenvalue weighted by Gasteiger charge is 2.12. The predicted octanol–water partition coefficient (Wildman–Crippen LogP) is 4.60. The fourth-order valence-corrected chi connectivity index (χ4v) is 2.67. The third-order valence-corrected chi connectivity index (χ3v) is 3.89. The minimum Gasteiger partial charge on any atom is -0.342 e. The van der Waals surface area contributed by atoms with Gasteiger partial charge in [-0.05, 0) is 45.8 Å². The lowest BCUT2D eigenvalue weighted by atomic mass is 10.2. The number of aromatic nitrogens is 1. The first-order valence-electron chi connectivity index (χ1n) is 6.21. The number of nitrogens with zero attached hydrogens (tertiary/aromatic N) is 2. The zero-order valence-corrected chi connectivity index (χ0v) is 12.4. The topological polar surface area (TPSA) is 28.7 Å². The van der Waals surface area contributed by atoms with Crippen LogP contribution in [0, 0.1) is 23.0 Å². The molecule has 0 N–H and O–H groups in total. The van der Waals surface area contributed by atoms with Gasteiger partial charge in [0.25, 0.3) is 0 Å². The molecule has 3 aromatic rings. The van der Waals surface area contributed by atoms with Crippen LogP contribution in [0.2, 0.25) is 0 Å². The van der Waals surface area contributed by atoms with Crippen LogP contribution in [0.1, 0.15) is 11.1 Å². The van der Waals surface area contributed by atoms with Crippen molar-refractivity contribution in [3.8, 4) is 6.07 Å². The van der Waals surface area contributed by atoms with Crippen LogP contribution >= 0.6 is 15.9 Å². The van der Waals surface area contributed by atoms with Gasteiger partial charge in [-0.1, -0.05) is 12.1 Å². The van der Waals surface area contributed by atoms with Crippen LogP contribution in [-0.4, -0.2) is 4.57 Å². The van der Waals surface area contributed by atoms with Gasteiger partial charge in [0.05, 0.1) is 15.6 Å². The molecular formula is C16H9BrF2N2. The molecule has 0 atom stereocenters. The van der Waals surface area contributed by atoms with Crippen molar-refractivity contribution in [3.05, 3.63) is 69.8 Å². The van der Waals surface area contributed by atoms with Gasteiger partial charge in [-0.15, -0.1) is 0 Å². The maximum Gasteiger partial charge on any atom is 0.138 e. The Bertz CT molecular complexity index is 878. The average Bonchev–Trinajstić information content (AvgIpc) is 2.77. The summed E-state index contributed by atoms with van der Waals surface area (Å²) in [4.78, 5) is 0. The number of hydrogen-bond acceptors (Lipinski definition) is 1. The second-order valence-electron chi connectivity index (χ2n) is 4.70. The van der Waals surface area contributed by atoms with Crippen LogP contribution in [0.3, 0.4) is 0 Å². The van der Waals surface area contributed by atoms with Gasteiger partial charge >= 0.3 is 0 Å². The first-order valence-corrected chi connectivity index (χ1v) is 7.00. The fraction of sp³-hybridized carbons (Fsp3) is 0.0625. The van der Waals surface area contributed by atoms with E-state index in [0.717, 1.165) is 11.1 Å². The minimum atomic E-state index is -0.414. The Morgan fingerprint density at radius 2 is 2.00 bits per heavy atom. The summed E-state index contributed by atoms with van der Waals surface area (Å²) >= 11 is 3.15. The molecule has 0 spiro atoms. The SMILES string of the molecule is N#Cc1cn(Cc2cccc(F)c2)c2cc(Br)c(F)cc12. The molecule has 0 aliphatic heterocycles. The molecule has 5 heteroatoms. The molecule has 0 fully saturated rings. The van der Waals surface area contributed by atoms with E-state index >= 15 is 0 Å². The molecule has 0 radical (unpaired) electrons. The summed E-state index contributed by atoms with van der Waals surface area (Å²) in [6, 6.07) is 11.3. The van der Waals surface area contributed by atoms with Crippen LogP contribution in [0.4, 0.5) is 8.78 Å². The van der Waals surface area contributed by atoms with Gasteiger partial charge in [0.1, 0.15) is 17.7 Å². The molecule has 1 heterocycles. The quantitative estimate of drug-likeness (QED) is 0.666. The van der Waals surface area contributed by atoms with Gasteiger partial charge in [0.15, 0.2) is 0 Å². The molecule has 3 rings (SSSR count). The van der Waals surface area contributed by atoms with Gasteiger partial charge in [0.2, 0.25) is 0 Å². The normalized spacial score (nSPS) is 10.8. The van der Waals surface area contributed by atoms with E-state index in [4.69, 9.17) is 5.26 Å². The van der Waals surface area contributed by atoms with Crippen molar-refractivity contribution in [1.29, 1.82) is 5.26 Å². The Kier molecular flexibility index (Phi) is 3.48. The van der Waals surface area contributed by atoms with Crippen LogP contribution in [0.15, 0.2) is 47.1 Å². The average molecular weight is 347 g/mol. The molecule has 0 bridgehead atoms. The summed E-state index contributed by atoms with van der Waals surface area (Å²) in [6.07, 6.45) is 1.65. The van der Waals surface area contributed by atoms with Crippen LogP contribution in [-0.2, 0) is 6.54 Å². The van der Waals surface area contributed by atoms with E-state index in [9.17, 15) is 8.78 Å². The molecule has 1 aromatic heterocycles. The third-order valence-electron chi connectivity index (χ3n) is 3.29. The van der Waals surface area contributed by atoms with Crippen LogP contribution in [0.25, 0.3) is 10.9 Å². The van der Waals surface area contributed by atoms with Gasteiger partial charge in [-0.3, -0.25) is 0 Å². The van der Waals surface area contributed by atoms with E-state index in [-0.39, 0.29) is 5.82 Å². The highest BCUT2D eigenvalue weighted by atomic mass is 79.9. The second kappa shape index (κ2) is 5.30. The molecule has 0 aliphatic carbocycles. The highest BCUT2D eigenvalue weighted by molar-refractivity contribution is 9.10. The van der Waals surface area contributed by atoms with Crippen molar-refractivity contribution in [2.24, 2.45) is 0 Å². The standard InChI is InChI=1S/C16H9BrF2N2/c17-14-6-16-13(5-15(14)19)11(7-20)9-21(16)8-10-2-1-3-12(18)4-10/h1-6,9H,8H2. The molecule has 2 nitrogen and oxygen atoms in total. The van der Waals surface area contributed by atoms with Gasteiger partial charge in [-0.2, -0.15) is 5.26 Å². The lowest BCUT2D eigenvalue weighted by Crippen LogP contribution is -1.98. The number of fused-ring (bicyclic) bond motifs is 1. The molecule has 21 heavy (non-hydrogen) atoms. The van der Waals surface area contributed by atoms with Crippen molar-refractivity contribution in [1.82, 2.24) is 4.57 Å². The van der Waals surface area contributed by atoms with E-state index in [1.165, 1.54) is 18.2 Å². The maximum absolute atomic E-state index is 13.6. The first-order chi connectivity index (χ1) is 10.1. The van der Waals surface area contributed by atoms with E-state index in [1.54, 1.807) is 24.4 Å². The second-order valence-corrected chi connectivity index (χ2v) is 5.55. The number of nitriles is 1. The number of halogens is 3. The lowest BCUT2D eigenvalue weighted by molar-refractivity contribution is 0.622. The summed E-state index contributed by atoms with van der Waals surface area (Å²) < 4.78 is 29.0. The lowest BCUT2D eigenvalue weighted by Gasteiger charge is -2.06. The molecule has 0 amide bonds. The van der Waals surface area contributed by atoms with Crippen molar-refractivity contribution in [2.45, 2.75) is 6.54 Å². The molecule has 0 saturated carbocycles. The Morgan fingerprint density at radius 1 is 1.19 bits per heavy atom. The van der Waals surface area contributed by atoms with Crippen molar-refractivity contribution in [2.75, 3.05) is 0 Å². The number of rotatable bonds is 2. The summed E-state index contributed by atoms with van der Waals surface area (Å²) in [5.74, 6) is -0.723. The maximum atomic E-state index is 13.6. The van der Waals surface area contributed by atoms with Gasteiger partial charge in [-0.25, -0.2) is 8.78 Å². The largest absolute Gasteiger partial charge is 0.342 e. The zero-order valence-electron chi connectivity index (χ0n) is 10.8. The smallest absolute Gasteiger partial charge is 0.138 e. The van der Waals surface area contributed by atoms with Gasteiger partial charge < -0.3 is 4.57 Å². The van der Waals surface area contributed by atoms with Crippen molar-refractivity contribution >= 4 is 26.8 Å². The molecule has 2 aromatic carbocycles. The minimum absolute atomic E-state index is 0.309. The van der Waals surface area contributed by atoms with Crippen LogP contribution in [0.5, 0.6) is 0 Å². The monoisotopic (exact) mass is 346 g/mol. The van der Waals surface area contributed by atoms with E-state index in [0.29, 0.717) is 22.0 Å². The highest BCUT2D eigenvalue weighted by Crippen LogP contribution is 2.28. The summed E-state index contributed by atoms with van der Waals surface area (Å²) in [5.41, 5.74) is 1.90.